The molecule has 0 spiro atoms. The molecule has 1 heterocycles. The molecule has 0 aliphatic heterocycles. The Bertz CT molecular complexity index is 596. The van der Waals surface area contributed by atoms with E-state index < -0.39 is 0 Å². The molecule has 0 bridgehead atoms. The molecule has 0 saturated carbocycles. The summed E-state index contributed by atoms with van der Waals surface area (Å²) >= 11 is 2.13. The highest BCUT2D eigenvalue weighted by atomic mass is 127. The van der Waals surface area contributed by atoms with Crippen molar-refractivity contribution >= 4 is 39.3 Å². The minimum atomic E-state index is -0.00262. The van der Waals surface area contributed by atoms with Crippen LogP contribution in [0.15, 0.2) is 18.2 Å². The Kier molecular flexibility index (Phi) is 3.28. The maximum atomic E-state index is 11.9. The molecule has 0 saturated heterocycles. The van der Waals surface area contributed by atoms with Gasteiger partial charge in [-0.15, -0.1) is 5.10 Å². The van der Waals surface area contributed by atoms with Gasteiger partial charge >= 0.3 is 0 Å². The van der Waals surface area contributed by atoms with Gasteiger partial charge in [0.15, 0.2) is 0 Å². The molecule has 1 aromatic carbocycles. The highest BCUT2D eigenvalue weighted by Gasteiger charge is 2.11. The average Bonchev–Trinajstić information content (AvgIpc) is 2.32. The van der Waals surface area contributed by atoms with Crippen LogP contribution in [0.5, 0.6) is 0 Å². The molecule has 0 atom stereocenters. The maximum Gasteiger partial charge on any atom is 0.253 e. The van der Waals surface area contributed by atoms with Gasteiger partial charge in [0, 0.05) is 30.4 Å². The van der Waals surface area contributed by atoms with Gasteiger partial charge in [-0.1, -0.05) is 6.07 Å². The molecular formula is C12H12IN3O. The van der Waals surface area contributed by atoms with E-state index in [1.165, 1.54) is 0 Å². The Balaban J connectivity index is 2.66. The summed E-state index contributed by atoms with van der Waals surface area (Å²) < 4.78 is 0.816. The second-order valence-corrected chi connectivity index (χ2v) is 5.06. The first-order chi connectivity index (χ1) is 8.00. The summed E-state index contributed by atoms with van der Waals surface area (Å²) in [7, 11) is 3.49. The number of aryl methyl sites for hydroxylation is 1. The standard InChI is InChI=1S/C12H12IN3O/c1-7-9-5-4-8(12(17)16(2)3)6-10(9)11(13)15-14-7/h4-6H,1-3H3. The van der Waals surface area contributed by atoms with Crippen LogP contribution in [0.25, 0.3) is 10.8 Å². The van der Waals surface area contributed by atoms with Crippen LogP contribution in [-0.2, 0) is 0 Å². The van der Waals surface area contributed by atoms with E-state index in [1.807, 2.05) is 25.1 Å². The largest absolute Gasteiger partial charge is 0.345 e. The van der Waals surface area contributed by atoms with E-state index in [0.717, 1.165) is 20.2 Å². The number of nitrogens with zero attached hydrogens (tertiary/aromatic N) is 3. The van der Waals surface area contributed by atoms with Gasteiger partial charge in [0.05, 0.1) is 5.69 Å². The van der Waals surface area contributed by atoms with Gasteiger partial charge in [-0.3, -0.25) is 4.79 Å². The van der Waals surface area contributed by atoms with Crippen molar-refractivity contribution in [3.63, 3.8) is 0 Å². The fourth-order valence-corrected chi connectivity index (χ4v) is 2.20. The third kappa shape index (κ3) is 2.24. The summed E-state index contributed by atoms with van der Waals surface area (Å²) in [5.74, 6) is -0.00262. The Morgan fingerprint density at radius 1 is 1.24 bits per heavy atom. The van der Waals surface area contributed by atoms with Crippen LogP contribution in [0.4, 0.5) is 0 Å². The lowest BCUT2D eigenvalue weighted by Gasteiger charge is -2.11. The van der Waals surface area contributed by atoms with Gasteiger partial charge < -0.3 is 4.90 Å². The summed E-state index contributed by atoms with van der Waals surface area (Å²) in [4.78, 5) is 13.4. The molecule has 0 unspecified atom stereocenters. The molecule has 17 heavy (non-hydrogen) atoms. The molecule has 1 aromatic heterocycles. The SMILES string of the molecule is Cc1nnc(I)c2cc(C(=O)N(C)C)ccc12. The van der Waals surface area contributed by atoms with Crippen LogP contribution in [0.2, 0.25) is 0 Å². The van der Waals surface area contributed by atoms with Crippen LogP contribution < -0.4 is 0 Å². The van der Waals surface area contributed by atoms with Crippen molar-refractivity contribution in [3.8, 4) is 0 Å². The van der Waals surface area contributed by atoms with Crippen molar-refractivity contribution in [1.29, 1.82) is 0 Å². The monoisotopic (exact) mass is 341 g/mol. The molecule has 0 fully saturated rings. The minimum Gasteiger partial charge on any atom is -0.345 e. The van der Waals surface area contributed by atoms with Gasteiger partial charge in [0.1, 0.15) is 3.70 Å². The number of fused-ring (bicyclic) bond motifs is 1. The highest BCUT2D eigenvalue weighted by molar-refractivity contribution is 14.1. The van der Waals surface area contributed by atoms with Crippen LogP contribution in [0.3, 0.4) is 0 Å². The third-order valence-electron chi connectivity index (χ3n) is 2.57. The van der Waals surface area contributed by atoms with Crippen LogP contribution >= 0.6 is 22.6 Å². The molecule has 4 nitrogen and oxygen atoms in total. The summed E-state index contributed by atoms with van der Waals surface area (Å²) in [6.45, 7) is 1.92. The topological polar surface area (TPSA) is 46.1 Å². The second-order valence-electron chi connectivity index (χ2n) is 4.04. The van der Waals surface area contributed by atoms with E-state index >= 15 is 0 Å². The zero-order valence-corrected chi connectivity index (χ0v) is 12.0. The predicted octanol–water partition coefficient (Wildman–Crippen LogP) is 2.24. The first-order valence-electron chi connectivity index (χ1n) is 5.15. The zero-order valence-electron chi connectivity index (χ0n) is 9.86. The molecule has 5 heteroatoms. The molecule has 0 radical (unpaired) electrons. The highest BCUT2D eigenvalue weighted by Crippen LogP contribution is 2.22. The van der Waals surface area contributed by atoms with E-state index in [9.17, 15) is 4.79 Å². The maximum absolute atomic E-state index is 11.9. The van der Waals surface area contributed by atoms with Crippen molar-refractivity contribution in [2.75, 3.05) is 14.1 Å². The van der Waals surface area contributed by atoms with Gasteiger partial charge in [-0.25, -0.2) is 0 Å². The minimum absolute atomic E-state index is 0.00262. The Hall–Kier alpha value is -1.24. The summed E-state index contributed by atoms with van der Waals surface area (Å²) in [6.07, 6.45) is 0. The van der Waals surface area contributed by atoms with E-state index in [0.29, 0.717) is 5.56 Å². The number of carbonyl (C=O) groups excluding carboxylic acids is 1. The van der Waals surface area contributed by atoms with Crippen molar-refractivity contribution in [1.82, 2.24) is 15.1 Å². The fraction of sp³-hybridized carbons (Fsp3) is 0.250. The molecule has 0 N–H and O–H groups in total. The molecule has 2 aromatic rings. The number of hydrogen-bond donors (Lipinski definition) is 0. The van der Waals surface area contributed by atoms with E-state index in [4.69, 9.17) is 0 Å². The average molecular weight is 341 g/mol. The number of carbonyl (C=O) groups is 1. The summed E-state index contributed by atoms with van der Waals surface area (Å²) in [5, 5.41) is 10.1. The Morgan fingerprint density at radius 3 is 2.59 bits per heavy atom. The summed E-state index contributed by atoms with van der Waals surface area (Å²) in [5.41, 5.74) is 1.55. The van der Waals surface area contributed by atoms with Crippen molar-refractivity contribution in [3.05, 3.63) is 33.2 Å². The van der Waals surface area contributed by atoms with Crippen molar-refractivity contribution in [2.24, 2.45) is 0 Å². The molecular weight excluding hydrogens is 329 g/mol. The molecule has 1 amide bonds. The van der Waals surface area contributed by atoms with Gasteiger partial charge in [0.2, 0.25) is 0 Å². The van der Waals surface area contributed by atoms with Gasteiger partial charge in [0.25, 0.3) is 5.91 Å². The van der Waals surface area contributed by atoms with Gasteiger partial charge in [-0.05, 0) is 41.6 Å². The molecule has 0 aliphatic carbocycles. The smallest absolute Gasteiger partial charge is 0.253 e. The lowest BCUT2D eigenvalue weighted by atomic mass is 10.1. The zero-order chi connectivity index (χ0) is 12.6. The number of halogens is 1. The van der Waals surface area contributed by atoms with E-state index in [-0.39, 0.29) is 5.91 Å². The van der Waals surface area contributed by atoms with E-state index in [1.54, 1.807) is 19.0 Å². The van der Waals surface area contributed by atoms with Crippen molar-refractivity contribution < 1.29 is 4.79 Å². The van der Waals surface area contributed by atoms with Crippen LogP contribution in [0.1, 0.15) is 16.1 Å². The summed E-state index contributed by atoms with van der Waals surface area (Å²) in [6, 6.07) is 5.63. The quantitative estimate of drug-likeness (QED) is 0.748. The number of benzene rings is 1. The lowest BCUT2D eigenvalue weighted by Crippen LogP contribution is -2.21. The molecule has 2 rings (SSSR count). The molecule has 0 aliphatic rings. The lowest BCUT2D eigenvalue weighted by molar-refractivity contribution is 0.0828. The number of aromatic nitrogens is 2. The van der Waals surface area contributed by atoms with Crippen molar-refractivity contribution in [2.45, 2.75) is 6.92 Å². The van der Waals surface area contributed by atoms with E-state index in [2.05, 4.69) is 32.8 Å². The molecule has 88 valence electrons. The van der Waals surface area contributed by atoms with Crippen LogP contribution in [-0.4, -0.2) is 35.1 Å². The van der Waals surface area contributed by atoms with Crippen LogP contribution in [0, 0.1) is 10.6 Å². The Labute approximate surface area is 113 Å². The third-order valence-corrected chi connectivity index (χ3v) is 3.37. The number of hydrogen-bond acceptors (Lipinski definition) is 3. The second kappa shape index (κ2) is 4.56. The number of rotatable bonds is 1. The first kappa shape index (κ1) is 12.2. The first-order valence-corrected chi connectivity index (χ1v) is 6.23. The normalized spacial score (nSPS) is 10.6. The Morgan fingerprint density at radius 2 is 1.94 bits per heavy atom. The predicted molar refractivity (Wildman–Crippen MR) is 75.0 cm³/mol. The van der Waals surface area contributed by atoms with Gasteiger partial charge in [-0.2, -0.15) is 5.10 Å². The fourth-order valence-electron chi connectivity index (χ4n) is 1.65. The number of amides is 1.